The van der Waals surface area contributed by atoms with Crippen LogP contribution in [0.3, 0.4) is 0 Å². The fourth-order valence-corrected chi connectivity index (χ4v) is 3.77. The number of aryl methyl sites for hydroxylation is 1. The lowest BCUT2D eigenvalue weighted by molar-refractivity contribution is 0.0674. The number of fused-ring (bicyclic) bond motifs is 1. The number of aromatic nitrogens is 4. The highest BCUT2D eigenvalue weighted by atomic mass is 16.5. The SMILES string of the molecule is COc1cc2ncnc(N3CCN(C(=O)c4cnn(C)c4)C(C)C3)c2cc1OC. The summed E-state index contributed by atoms with van der Waals surface area (Å²) in [6.07, 6.45) is 4.92. The minimum absolute atomic E-state index is 0.00389. The Kier molecular flexibility index (Phi) is 4.96. The van der Waals surface area contributed by atoms with E-state index in [0.717, 1.165) is 16.7 Å². The molecule has 4 rings (SSSR count). The van der Waals surface area contributed by atoms with Crippen molar-refractivity contribution in [3.8, 4) is 11.5 Å². The van der Waals surface area contributed by atoms with Gasteiger partial charge in [-0.25, -0.2) is 9.97 Å². The molecule has 0 spiro atoms. The van der Waals surface area contributed by atoms with Crippen LogP contribution in [0.2, 0.25) is 0 Å². The number of piperazine rings is 1. The molecule has 0 aliphatic carbocycles. The number of carbonyl (C=O) groups is 1. The first-order chi connectivity index (χ1) is 14.0. The Morgan fingerprint density at radius 3 is 2.55 bits per heavy atom. The number of carbonyl (C=O) groups excluding carboxylic acids is 1. The molecule has 1 aliphatic rings. The van der Waals surface area contributed by atoms with Gasteiger partial charge in [0.05, 0.1) is 31.5 Å². The molecular formula is C20H24N6O3. The molecule has 0 saturated carbocycles. The zero-order valence-electron chi connectivity index (χ0n) is 17.0. The number of nitrogens with zero attached hydrogens (tertiary/aromatic N) is 6. The Hall–Kier alpha value is -3.36. The average molecular weight is 396 g/mol. The van der Waals surface area contributed by atoms with E-state index in [-0.39, 0.29) is 11.9 Å². The smallest absolute Gasteiger partial charge is 0.257 e. The molecule has 1 atom stereocenters. The van der Waals surface area contributed by atoms with Gasteiger partial charge in [-0.2, -0.15) is 5.10 Å². The molecule has 1 amide bonds. The summed E-state index contributed by atoms with van der Waals surface area (Å²) in [6, 6.07) is 3.79. The Morgan fingerprint density at radius 1 is 1.14 bits per heavy atom. The lowest BCUT2D eigenvalue weighted by Crippen LogP contribution is -2.54. The van der Waals surface area contributed by atoms with Gasteiger partial charge in [0.2, 0.25) is 0 Å². The number of rotatable bonds is 4. The standard InChI is InChI=1S/C20H24N6O3/c1-13-10-25(5-6-26(13)20(27)14-9-23-24(2)11-14)19-15-7-17(28-3)18(29-4)8-16(15)21-12-22-19/h7-9,11-13H,5-6,10H2,1-4H3. The second-order valence-electron chi connectivity index (χ2n) is 7.12. The van der Waals surface area contributed by atoms with Gasteiger partial charge in [0.25, 0.3) is 5.91 Å². The highest BCUT2D eigenvalue weighted by molar-refractivity contribution is 5.95. The fraction of sp³-hybridized carbons (Fsp3) is 0.400. The summed E-state index contributed by atoms with van der Waals surface area (Å²) < 4.78 is 12.5. The number of hydrogen-bond acceptors (Lipinski definition) is 7. The van der Waals surface area contributed by atoms with Crippen LogP contribution in [-0.4, -0.2) is 70.5 Å². The average Bonchev–Trinajstić information content (AvgIpc) is 3.18. The zero-order chi connectivity index (χ0) is 20.5. The van der Waals surface area contributed by atoms with E-state index in [0.29, 0.717) is 36.7 Å². The molecule has 1 aliphatic heterocycles. The van der Waals surface area contributed by atoms with Crippen LogP contribution in [0.25, 0.3) is 10.9 Å². The molecule has 9 heteroatoms. The van der Waals surface area contributed by atoms with Crippen LogP contribution in [0.15, 0.2) is 30.9 Å². The van der Waals surface area contributed by atoms with Crippen LogP contribution in [0.5, 0.6) is 11.5 Å². The van der Waals surface area contributed by atoms with Crippen LogP contribution >= 0.6 is 0 Å². The lowest BCUT2D eigenvalue weighted by Gasteiger charge is -2.40. The molecule has 9 nitrogen and oxygen atoms in total. The molecule has 1 aromatic carbocycles. The molecule has 3 heterocycles. The van der Waals surface area contributed by atoms with E-state index in [2.05, 4.69) is 20.0 Å². The molecule has 1 saturated heterocycles. The van der Waals surface area contributed by atoms with E-state index in [1.807, 2.05) is 31.0 Å². The second-order valence-corrected chi connectivity index (χ2v) is 7.12. The molecule has 3 aromatic rings. The van der Waals surface area contributed by atoms with Crippen molar-refractivity contribution in [2.24, 2.45) is 7.05 Å². The maximum absolute atomic E-state index is 12.8. The third-order valence-electron chi connectivity index (χ3n) is 5.26. The van der Waals surface area contributed by atoms with Crippen LogP contribution < -0.4 is 14.4 Å². The van der Waals surface area contributed by atoms with Crippen LogP contribution in [-0.2, 0) is 7.05 Å². The summed E-state index contributed by atoms with van der Waals surface area (Å²) in [6.45, 7) is 4.00. The summed E-state index contributed by atoms with van der Waals surface area (Å²) in [7, 11) is 5.02. The Morgan fingerprint density at radius 2 is 1.90 bits per heavy atom. The number of methoxy groups -OCH3 is 2. The first-order valence-electron chi connectivity index (χ1n) is 9.43. The minimum Gasteiger partial charge on any atom is -0.493 e. The first-order valence-corrected chi connectivity index (χ1v) is 9.43. The fourth-order valence-electron chi connectivity index (χ4n) is 3.77. The van der Waals surface area contributed by atoms with Crippen molar-refractivity contribution in [1.29, 1.82) is 0 Å². The van der Waals surface area contributed by atoms with Gasteiger partial charge in [0.15, 0.2) is 11.5 Å². The lowest BCUT2D eigenvalue weighted by atomic mass is 10.1. The third-order valence-corrected chi connectivity index (χ3v) is 5.26. The Balaban J connectivity index is 1.60. The quantitative estimate of drug-likeness (QED) is 0.664. The number of hydrogen-bond donors (Lipinski definition) is 0. The van der Waals surface area contributed by atoms with Crippen LogP contribution in [0.1, 0.15) is 17.3 Å². The predicted molar refractivity (Wildman–Crippen MR) is 109 cm³/mol. The van der Waals surface area contributed by atoms with Crippen molar-refractivity contribution < 1.29 is 14.3 Å². The van der Waals surface area contributed by atoms with Gasteiger partial charge in [-0.05, 0) is 13.0 Å². The highest BCUT2D eigenvalue weighted by Crippen LogP contribution is 2.35. The second kappa shape index (κ2) is 7.57. The van der Waals surface area contributed by atoms with Gasteiger partial charge in [0.1, 0.15) is 12.1 Å². The van der Waals surface area contributed by atoms with Gasteiger partial charge in [-0.15, -0.1) is 0 Å². The third kappa shape index (κ3) is 3.43. The van der Waals surface area contributed by atoms with Crippen molar-refractivity contribution in [2.45, 2.75) is 13.0 Å². The Bertz CT molecular complexity index is 1050. The molecule has 152 valence electrons. The van der Waals surface area contributed by atoms with E-state index in [9.17, 15) is 4.79 Å². The van der Waals surface area contributed by atoms with Gasteiger partial charge in [-0.1, -0.05) is 0 Å². The van der Waals surface area contributed by atoms with Crippen molar-refractivity contribution >= 4 is 22.6 Å². The normalized spacial score (nSPS) is 16.9. The van der Waals surface area contributed by atoms with Gasteiger partial charge in [0, 0.05) is 50.4 Å². The summed E-state index contributed by atoms with van der Waals surface area (Å²) in [4.78, 5) is 25.8. The van der Waals surface area contributed by atoms with E-state index in [1.54, 1.807) is 37.6 Å². The van der Waals surface area contributed by atoms with E-state index in [4.69, 9.17) is 9.47 Å². The largest absolute Gasteiger partial charge is 0.493 e. The molecule has 0 bridgehead atoms. The van der Waals surface area contributed by atoms with Crippen molar-refractivity contribution in [1.82, 2.24) is 24.6 Å². The van der Waals surface area contributed by atoms with E-state index >= 15 is 0 Å². The van der Waals surface area contributed by atoms with Crippen LogP contribution in [0, 0.1) is 0 Å². The van der Waals surface area contributed by atoms with Gasteiger partial charge in [-0.3, -0.25) is 9.48 Å². The first kappa shape index (κ1) is 19.0. The van der Waals surface area contributed by atoms with E-state index < -0.39 is 0 Å². The Labute approximate surface area is 168 Å². The molecular weight excluding hydrogens is 372 g/mol. The summed E-state index contributed by atoms with van der Waals surface area (Å²) in [5.41, 5.74) is 1.39. The monoisotopic (exact) mass is 396 g/mol. The number of ether oxygens (including phenoxy) is 2. The zero-order valence-corrected chi connectivity index (χ0v) is 17.0. The maximum Gasteiger partial charge on any atom is 0.257 e. The highest BCUT2D eigenvalue weighted by Gasteiger charge is 2.30. The molecule has 2 aromatic heterocycles. The molecule has 1 fully saturated rings. The van der Waals surface area contributed by atoms with Gasteiger partial charge >= 0.3 is 0 Å². The van der Waals surface area contributed by atoms with Crippen molar-refractivity contribution in [2.75, 3.05) is 38.8 Å². The molecule has 1 unspecified atom stereocenters. The van der Waals surface area contributed by atoms with Crippen molar-refractivity contribution in [3.63, 3.8) is 0 Å². The number of amides is 1. The molecule has 0 N–H and O–H groups in total. The van der Waals surface area contributed by atoms with Gasteiger partial charge < -0.3 is 19.3 Å². The number of anilines is 1. The minimum atomic E-state index is 0.00389. The van der Waals surface area contributed by atoms with E-state index in [1.165, 1.54) is 0 Å². The molecule has 29 heavy (non-hydrogen) atoms. The predicted octanol–water partition coefficient (Wildman–Crippen LogP) is 1.73. The maximum atomic E-state index is 12.8. The summed E-state index contributed by atoms with van der Waals surface area (Å²) >= 11 is 0. The summed E-state index contributed by atoms with van der Waals surface area (Å²) in [5.74, 6) is 2.10. The van der Waals surface area contributed by atoms with Crippen LogP contribution in [0.4, 0.5) is 5.82 Å². The molecule has 0 radical (unpaired) electrons. The summed E-state index contributed by atoms with van der Waals surface area (Å²) in [5, 5.41) is 5.00. The number of benzene rings is 1. The topological polar surface area (TPSA) is 85.6 Å². The van der Waals surface area contributed by atoms with Crippen molar-refractivity contribution in [3.05, 3.63) is 36.4 Å².